The van der Waals surface area contributed by atoms with E-state index < -0.39 is 30.5 Å². The van der Waals surface area contributed by atoms with E-state index in [1.807, 2.05) is 30.4 Å². The Labute approximate surface area is 153 Å². The van der Waals surface area contributed by atoms with Crippen LogP contribution in [0.25, 0.3) is 6.08 Å². The summed E-state index contributed by atoms with van der Waals surface area (Å²) >= 11 is 0. The van der Waals surface area contributed by atoms with Crippen molar-refractivity contribution in [2.45, 2.75) is 37.9 Å². The summed E-state index contributed by atoms with van der Waals surface area (Å²) in [6.45, 7) is 1.72. The van der Waals surface area contributed by atoms with Crippen molar-refractivity contribution in [2.24, 2.45) is 5.92 Å². The molecule has 1 aliphatic rings. The average Bonchev–Trinajstić information content (AvgIpc) is 2.67. The molecule has 1 aromatic rings. The minimum Gasteiger partial charge on any atom is -0.493 e. The number of aliphatic hydroxyl groups excluding tert-OH is 3. The summed E-state index contributed by atoms with van der Waals surface area (Å²) in [5, 5.41) is 29.3. The van der Waals surface area contributed by atoms with Crippen molar-refractivity contribution < 1.29 is 34.3 Å². The Kier molecular flexibility index (Phi) is 7.86. The highest BCUT2D eigenvalue weighted by Crippen LogP contribution is 2.28. The highest BCUT2D eigenvalue weighted by Gasteiger charge is 2.42. The van der Waals surface area contributed by atoms with E-state index in [2.05, 4.69) is 0 Å². The van der Waals surface area contributed by atoms with Crippen LogP contribution in [0, 0.1) is 5.92 Å². The third-order valence-corrected chi connectivity index (χ3v) is 4.51. The normalized spacial score (nSPS) is 29.1. The van der Waals surface area contributed by atoms with Crippen LogP contribution in [0.5, 0.6) is 11.5 Å². The van der Waals surface area contributed by atoms with Crippen molar-refractivity contribution in [3.05, 3.63) is 29.8 Å². The molecular weight excluding hydrogens is 340 g/mol. The van der Waals surface area contributed by atoms with Gasteiger partial charge in [0.15, 0.2) is 17.8 Å². The van der Waals surface area contributed by atoms with Crippen LogP contribution in [-0.2, 0) is 9.47 Å². The number of hydrogen-bond acceptors (Lipinski definition) is 7. The fourth-order valence-electron chi connectivity index (χ4n) is 2.84. The molecule has 0 bridgehead atoms. The minimum absolute atomic E-state index is 0.322. The van der Waals surface area contributed by atoms with Crippen LogP contribution in [-0.4, -0.2) is 67.4 Å². The SMILES string of the molecule is COc1ccc(/C=C/CCO[C@H]2O[C@H](CO)[C@@H](O)[C@H](C)[C@H]2O)cc1OC. The summed E-state index contributed by atoms with van der Waals surface area (Å²) in [5.41, 5.74) is 0.966. The van der Waals surface area contributed by atoms with Crippen molar-refractivity contribution >= 4 is 6.08 Å². The van der Waals surface area contributed by atoms with E-state index in [4.69, 9.17) is 18.9 Å². The Morgan fingerprint density at radius 2 is 1.85 bits per heavy atom. The number of rotatable bonds is 8. The highest BCUT2D eigenvalue weighted by atomic mass is 16.7. The fraction of sp³-hybridized carbons (Fsp3) is 0.579. The van der Waals surface area contributed by atoms with Crippen LogP contribution >= 0.6 is 0 Å². The summed E-state index contributed by atoms with van der Waals surface area (Å²) in [4.78, 5) is 0. The van der Waals surface area contributed by atoms with Crippen molar-refractivity contribution in [3.63, 3.8) is 0 Å². The van der Waals surface area contributed by atoms with Crippen LogP contribution in [0.15, 0.2) is 24.3 Å². The number of aliphatic hydroxyl groups is 3. The summed E-state index contributed by atoms with van der Waals surface area (Å²) < 4.78 is 21.5. The summed E-state index contributed by atoms with van der Waals surface area (Å²) in [6.07, 6.45) is 1.02. The van der Waals surface area contributed by atoms with Gasteiger partial charge in [0.25, 0.3) is 0 Å². The summed E-state index contributed by atoms with van der Waals surface area (Å²) in [7, 11) is 3.18. The molecule has 0 aromatic heterocycles. The second-order valence-electron chi connectivity index (χ2n) is 6.24. The van der Waals surface area contributed by atoms with Gasteiger partial charge in [-0.05, 0) is 24.1 Å². The molecule has 5 atom stereocenters. The molecule has 1 aliphatic heterocycles. The molecule has 1 aromatic carbocycles. The van der Waals surface area contributed by atoms with Crippen LogP contribution in [0.4, 0.5) is 0 Å². The van der Waals surface area contributed by atoms with Crippen molar-refractivity contribution in [1.29, 1.82) is 0 Å². The van der Waals surface area contributed by atoms with Gasteiger partial charge in [0.2, 0.25) is 0 Å². The largest absolute Gasteiger partial charge is 0.493 e. The van der Waals surface area contributed by atoms with Gasteiger partial charge in [0, 0.05) is 5.92 Å². The van der Waals surface area contributed by atoms with E-state index >= 15 is 0 Å². The Morgan fingerprint density at radius 3 is 2.50 bits per heavy atom. The monoisotopic (exact) mass is 368 g/mol. The number of ether oxygens (including phenoxy) is 4. The maximum Gasteiger partial charge on any atom is 0.184 e. The van der Waals surface area contributed by atoms with E-state index in [0.29, 0.717) is 24.5 Å². The Hall–Kier alpha value is -1.64. The van der Waals surface area contributed by atoms with Crippen molar-refractivity contribution in [3.8, 4) is 11.5 Å². The van der Waals surface area contributed by atoms with Gasteiger partial charge in [0.05, 0.1) is 33.5 Å². The van der Waals surface area contributed by atoms with Crippen molar-refractivity contribution in [1.82, 2.24) is 0 Å². The van der Waals surface area contributed by atoms with E-state index in [1.54, 1.807) is 21.1 Å². The first-order valence-corrected chi connectivity index (χ1v) is 8.64. The first-order chi connectivity index (χ1) is 12.5. The zero-order valence-corrected chi connectivity index (χ0v) is 15.4. The average molecular weight is 368 g/mol. The molecule has 26 heavy (non-hydrogen) atoms. The van der Waals surface area contributed by atoms with Crippen LogP contribution < -0.4 is 9.47 Å². The third-order valence-electron chi connectivity index (χ3n) is 4.51. The van der Waals surface area contributed by atoms with E-state index in [9.17, 15) is 15.3 Å². The molecule has 0 saturated carbocycles. The van der Waals surface area contributed by atoms with Gasteiger partial charge in [0.1, 0.15) is 12.2 Å². The molecule has 0 amide bonds. The zero-order chi connectivity index (χ0) is 19.1. The Bertz CT molecular complexity index is 587. The molecule has 7 nitrogen and oxygen atoms in total. The number of methoxy groups -OCH3 is 2. The van der Waals surface area contributed by atoms with Gasteiger partial charge in [-0.25, -0.2) is 0 Å². The molecule has 1 heterocycles. The van der Waals surface area contributed by atoms with E-state index in [0.717, 1.165) is 5.56 Å². The molecule has 1 saturated heterocycles. The quantitative estimate of drug-likeness (QED) is 0.593. The van der Waals surface area contributed by atoms with Gasteiger partial charge >= 0.3 is 0 Å². The zero-order valence-electron chi connectivity index (χ0n) is 15.4. The van der Waals surface area contributed by atoms with Crippen LogP contribution in [0.1, 0.15) is 18.9 Å². The maximum atomic E-state index is 10.1. The smallest absolute Gasteiger partial charge is 0.184 e. The maximum absolute atomic E-state index is 10.1. The number of benzene rings is 1. The second kappa shape index (κ2) is 9.89. The molecule has 0 aliphatic carbocycles. The summed E-state index contributed by atoms with van der Waals surface area (Å²) in [6, 6.07) is 5.63. The van der Waals surface area contributed by atoms with E-state index in [-0.39, 0.29) is 6.61 Å². The van der Waals surface area contributed by atoms with Gasteiger partial charge in [-0.3, -0.25) is 0 Å². The van der Waals surface area contributed by atoms with Gasteiger partial charge in [-0.15, -0.1) is 0 Å². The molecule has 2 rings (SSSR count). The lowest BCUT2D eigenvalue weighted by atomic mass is 9.91. The van der Waals surface area contributed by atoms with Crippen LogP contribution in [0.2, 0.25) is 0 Å². The van der Waals surface area contributed by atoms with Gasteiger partial charge < -0.3 is 34.3 Å². The Morgan fingerprint density at radius 1 is 1.12 bits per heavy atom. The topological polar surface area (TPSA) is 97.6 Å². The Balaban J connectivity index is 1.83. The fourth-order valence-corrected chi connectivity index (χ4v) is 2.84. The lowest BCUT2D eigenvalue weighted by Gasteiger charge is -2.40. The highest BCUT2D eigenvalue weighted by molar-refractivity contribution is 5.55. The van der Waals surface area contributed by atoms with Crippen molar-refractivity contribution in [2.75, 3.05) is 27.4 Å². The molecule has 3 N–H and O–H groups in total. The lowest BCUT2D eigenvalue weighted by molar-refractivity contribution is -0.287. The van der Waals surface area contributed by atoms with Crippen LogP contribution in [0.3, 0.4) is 0 Å². The third kappa shape index (κ3) is 4.96. The lowest BCUT2D eigenvalue weighted by Crippen LogP contribution is -2.55. The molecule has 0 radical (unpaired) electrons. The minimum atomic E-state index is -0.942. The summed E-state index contributed by atoms with van der Waals surface area (Å²) in [5.74, 6) is 0.895. The van der Waals surface area contributed by atoms with Gasteiger partial charge in [-0.1, -0.05) is 25.1 Å². The second-order valence-corrected chi connectivity index (χ2v) is 6.24. The molecule has 146 valence electrons. The van der Waals surface area contributed by atoms with Gasteiger partial charge in [-0.2, -0.15) is 0 Å². The first-order valence-electron chi connectivity index (χ1n) is 8.64. The molecule has 0 unspecified atom stereocenters. The molecule has 1 fully saturated rings. The predicted octanol–water partition coefficient (Wildman–Crippen LogP) is 1.20. The first kappa shape index (κ1) is 20.7. The number of hydrogen-bond donors (Lipinski definition) is 3. The standard InChI is InChI=1S/C19H28O7/c1-12-17(21)16(11-20)26-19(18(12)22)25-9-5-4-6-13-7-8-14(23-2)15(10-13)24-3/h4,6-8,10,12,16-22H,5,9,11H2,1-3H3/b6-4+/t12-,16+,17-,18+,19-/m0/s1. The molecule has 7 heteroatoms. The predicted molar refractivity (Wildman–Crippen MR) is 96.1 cm³/mol. The molecule has 0 spiro atoms. The molecular formula is C19H28O7. The van der Waals surface area contributed by atoms with E-state index in [1.165, 1.54) is 0 Å².